The van der Waals surface area contributed by atoms with Gasteiger partial charge in [-0.1, -0.05) is 20.8 Å². The molecule has 3 saturated carbocycles. The average molecular weight is 537 g/mol. The van der Waals surface area contributed by atoms with Crippen molar-refractivity contribution < 1.29 is 46.3 Å². The van der Waals surface area contributed by atoms with Gasteiger partial charge in [0.25, 0.3) is 0 Å². The zero-order valence-electron chi connectivity index (χ0n) is 20.9. The molecule has 4 rings (SSSR count). The SMILES string of the molecule is CC(C)(C)C[C@H](NC(=O)C(=O)NC12CC(F)(C1)C2)C(=O)N[C@@H](C[C@@H]1CCNC1=O)C(=O)COC(F)(F)F. The number of ketones is 1. The molecule has 14 heteroatoms. The summed E-state index contributed by atoms with van der Waals surface area (Å²) < 4.78 is 54.8. The van der Waals surface area contributed by atoms with Crippen molar-refractivity contribution in [1.82, 2.24) is 21.3 Å². The van der Waals surface area contributed by atoms with Crippen molar-refractivity contribution in [3.63, 3.8) is 0 Å². The lowest BCUT2D eigenvalue weighted by Crippen LogP contribution is -2.77. The van der Waals surface area contributed by atoms with E-state index in [1.807, 2.05) is 0 Å². The van der Waals surface area contributed by atoms with E-state index in [1.54, 1.807) is 20.8 Å². The van der Waals surface area contributed by atoms with Crippen molar-refractivity contribution in [2.24, 2.45) is 11.3 Å². The van der Waals surface area contributed by atoms with E-state index in [-0.39, 0.29) is 32.1 Å². The lowest BCUT2D eigenvalue weighted by molar-refractivity contribution is -0.321. The molecule has 0 aromatic rings. The summed E-state index contributed by atoms with van der Waals surface area (Å²) in [6, 6.07) is -2.83. The van der Waals surface area contributed by atoms with Gasteiger partial charge in [0, 0.05) is 37.3 Å². The fourth-order valence-electron chi connectivity index (χ4n) is 5.09. The van der Waals surface area contributed by atoms with E-state index in [0.717, 1.165) is 0 Å². The highest BCUT2D eigenvalue weighted by Gasteiger charge is 2.70. The van der Waals surface area contributed by atoms with E-state index in [9.17, 15) is 41.5 Å². The molecule has 0 spiro atoms. The van der Waals surface area contributed by atoms with E-state index in [0.29, 0.717) is 13.0 Å². The molecule has 10 nitrogen and oxygen atoms in total. The Morgan fingerprint density at radius 2 is 1.68 bits per heavy atom. The van der Waals surface area contributed by atoms with Crippen molar-refractivity contribution in [3.05, 3.63) is 0 Å². The number of rotatable bonds is 10. The predicted molar refractivity (Wildman–Crippen MR) is 119 cm³/mol. The molecule has 4 amide bonds. The smallest absolute Gasteiger partial charge is 0.356 e. The van der Waals surface area contributed by atoms with Gasteiger partial charge in [0.15, 0.2) is 5.78 Å². The first-order valence-corrected chi connectivity index (χ1v) is 12.0. The van der Waals surface area contributed by atoms with E-state index in [2.05, 4.69) is 26.0 Å². The number of carbonyl (C=O) groups excluding carboxylic acids is 5. The molecule has 4 fully saturated rings. The molecule has 1 aliphatic heterocycles. The summed E-state index contributed by atoms with van der Waals surface area (Å²) in [4.78, 5) is 62.6. The summed E-state index contributed by atoms with van der Waals surface area (Å²) >= 11 is 0. The minimum absolute atomic E-state index is 0.0143. The number of carbonyl (C=O) groups is 5. The van der Waals surface area contributed by atoms with Gasteiger partial charge in [-0.3, -0.25) is 28.7 Å². The largest absolute Gasteiger partial charge is 0.522 e. The fraction of sp³-hybridized carbons (Fsp3) is 0.783. The van der Waals surface area contributed by atoms with Gasteiger partial charge < -0.3 is 21.3 Å². The number of hydrogen-bond acceptors (Lipinski definition) is 6. The molecule has 208 valence electrons. The first-order valence-electron chi connectivity index (χ1n) is 12.0. The van der Waals surface area contributed by atoms with Crippen LogP contribution >= 0.6 is 0 Å². The Labute approximate surface area is 211 Å². The van der Waals surface area contributed by atoms with Crippen LogP contribution in [0.3, 0.4) is 0 Å². The molecule has 4 aliphatic rings. The van der Waals surface area contributed by atoms with Crippen molar-refractivity contribution in [1.29, 1.82) is 0 Å². The third kappa shape index (κ3) is 7.62. The summed E-state index contributed by atoms with van der Waals surface area (Å²) in [6.07, 6.45) is -4.66. The molecule has 1 saturated heterocycles. The van der Waals surface area contributed by atoms with Crippen molar-refractivity contribution in [2.45, 2.75) is 88.9 Å². The quantitative estimate of drug-likeness (QED) is 0.240. The van der Waals surface area contributed by atoms with Crippen LogP contribution < -0.4 is 21.3 Å². The van der Waals surface area contributed by atoms with Gasteiger partial charge in [-0.2, -0.15) is 0 Å². The number of alkyl halides is 4. The monoisotopic (exact) mass is 536 g/mol. The molecule has 4 N–H and O–H groups in total. The third-order valence-electron chi connectivity index (χ3n) is 6.76. The number of hydrogen-bond donors (Lipinski definition) is 4. The second kappa shape index (κ2) is 10.2. The number of Topliss-reactive ketones (excluding diaryl/α,β-unsaturated/α-hetero) is 1. The third-order valence-corrected chi connectivity index (χ3v) is 6.76. The zero-order chi connectivity index (χ0) is 27.8. The zero-order valence-corrected chi connectivity index (χ0v) is 20.9. The number of ether oxygens (including phenoxy) is 1. The highest BCUT2D eigenvalue weighted by molar-refractivity contribution is 6.35. The predicted octanol–water partition coefficient (Wildman–Crippen LogP) is 0.785. The molecular formula is C23H32F4N4O6. The van der Waals surface area contributed by atoms with Crippen LogP contribution in [0.4, 0.5) is 17.6 Å². The van der Waals surface area contributed by atoms with Gasteiger partial charge in [0.05, 0.1) is 6.04 Å². The number of amides is 4. The summed E-state index contributed by atoms with van der Waals surface area (Å²) in [6.45, 7) is 4.21. The normalized spacial score (nSPS) is 28.2. The van der Waals surface area contributed by atoms with Crippen LogP contribution in [-0.4, -0.2) is 72.2 Å². The van der Waals surface area contributed by atoms with Gasteiger partial charge >= 0.3 is 18.2 Å². The van der Waals surface area contributed by atoms with Crippen LogP contribution in [0.1, 0.15) is 59.3 Å². The van der Waals surface area contributed by atoms with Gasteiger partial charge in [-0.05, 0) is 24.7 Å². The second-order valence-electron chi connectivity index (χ2n) is 11.5. The van der Waals surface area contributed by atoms with E-state index < -0.39 is 77.0 Å². The van der Waals surface area contributed by atoms with Gasteiger partial charge in [-0.25, -0.2) is 4.39 Å². The highest BCUT2D eigenvalue weighted by Crippen LogP contribution is 2.62. The Bertz CT molecular complexity index is 944. The van der Waals surface area contributed by atoms with E-state index >= 15 is 0 Å². The van der Waals surface area contributed by atoms with Gasteiger partial charge in [0.1, 0.15) is 18.3 Å². The Kier molecular flexibility index (Phi) is 7.92. The second-order valence-corrected chi connectivity index (χ2v) is 11.5. The summed E-state index contributed by atoms with van der Waals surface area (Å²) in [7, 11) is 0. The maximum atomic E-state index is 13.7. The standard InChI is InChI=1S/C23H32F4N4O6/c1-20(2,3)7-14(30-18(35)19(36)31-22-9-21(24,10-22)11-22)17(34)29-13(6-12-4-5-28-16(12)33)15(32)8-37-23(25,26)27/h12-14H,4-11H2,1-3H3,(H,28,33)(H,29,34)(H,30,35)(H,31,36)/t12-,13-,14-,21?,22?/m0/s1. The lowest BCUT2D eigenvalue weighted by atomic mass is 9.47. The minimum atomic E-state index is -5.08. The number of nitrogens with one attached hydrogen (secondary N) is 4. The highest BCUT2D eigenvalue weighted by atomic mass is 19.4. The maximum Gasteiger partial charge on any atom is 0.522 e. The molecule has 2 bridgehead atoms. The Morgan fingerprint density at radius 3 is 2.16 bits per heavy atom. The molecule has 3 aliphatic carbocycles. The molecule has 0 aromatic heterocycles. The van der Waals surface area contributed by atoms with Crippen LogP contribution in [0.5, 0.6) is 0 Å². The van der Waals surface area contributed by atoms with Crippen molar-refractivity contribution in [3.8, 4) is 0 Å². The Hall–Kier alpha value is -2.77. The van der Waals surface area contributed by atoms with Crippen LogP contribution in [0, 0.1) is 11.3 Å². The van der Waals surface area contributed by atoms with E-state index in [4.69, 9.17) is 0 Å². The molecule has 0 aromatic carbocycles. The molecule has 37 heavy (non-hydrogen) atoms. The van der Waals surface area contributed by atoms with Crippen molar-refractivity contribution in [2.75, 3.05) is 13.2 Å². The molecule has 0 unspecified atom stereocenters. The van der Waals surface area contributed by atoms with Crippen LogP contribution in [0.15, 0.2) is 0 Å². The Balaban J connectivity index is 1.68. The van der Waals surface area contributed by atoms with Crippen LogP contribution in [-0.2, 0) is 28.7 Å². The first kappa shape index (κ1) is 28.8. The van der Waals surface area contributed by atoms with Crippen LogP contribution in [0.2, 0.25) is 0 Å². The lowest BCUT2D eigenvalue weighted by Gasteiger charge is -2.65. The van der Waals surface area contributed by atoms with Gasteiger partial charge in [0.2, 0.25) is 11.8 Å². The summed E-state index contributed by atoms with van der Waals surface area (Å²) in [5.41, 5.74) is -2.61. The van der Waals surface area contributed by atoms with Crippen LogP contribution in [0.25, 0.3) is 0 Å². The summed E-state index contributed by atoms with van der Waals surface area (Å²) in [5, 5.41) is 9.69. The molecule has 0 radical (unpaired) electrons. The minimum Gasteiger partial charge on any atom is -0.356 e. The van der Waals surface area contributed by atoms with E-state index in [1.165, 1.54) is 0 Å². The van der Waals surface area contributed by atoms with Gasteiger partial charge in [-0.15, -0.1) is 13.2 Å². The molecule has 1 heterocycles. The van der Waals surface area contributed by atoms with Crippen molar-refractivity contribution >= 4 is 29.4 Å². The molecular weight excluding hydrogens is 504 g/mol. The number of halogens is 4. The topological polar surface area (TPSA) is 143 Å². The maximum absolute atomic E-state index is 13.7. The molecule has 3 atom stereocenters. The first-order chi connectivity index (χ1) is 16.9. The fourth-order valence-corrected chi connectivity index (χ4v) is 5.09. The Morgan fingerprint density at radius 1 is 1.05 bits per heavy atom. The summed E-state index contributed by atoms with van der Waals surface area (Å²) in [5.74, 6) is -5.30. The average Bonchev–Trinajstić information content (AvgIpc) is 3.11.